The molecule has 3 nitrogen and oxygen atoms in total. The summed E-state index contributed by atoms with van der Waals surface area (Å²) >= 11 is 0. The fraction of sp³-hybridized carbons (Fsp3) is 0.600. The lowest BCUT2D eigenvalue weighted by Gasteiger charge is -2.23. The quantitative estimate of drug-likeness (QED) is 0.806. The molecule has 0 bridgehead atoms. The summed E-state index contributed by atoms with van der Waals surface area (Å²) in [7, 11) is 0. The average molecular weight is 248 g/mol. The van der Waals surface area contributed by atoms with Gasteiger partial charge in [-0.3, -0.25) is 0 Å². The highest BCUT2D eigenvalue weighted by Crippen LogP contribution is 2.35. The summed E-state index contributed by atoms with van der Waals surface area (Å²) in [6.07, 6.45) is 6.59. The molecule has 1 aliphatic carbocycles. The molecule has 18 heavy (non-hydrogen) atoms. The van der Waals surface area contributed by atoms with Crippen LogP contribution in [0.25, 0.3) is 0 Å². The molecule has 0 aromatic heterocycles. The van der Waals surface area contributed by atoms with Gasteiger partial charge >= 0.3 is 0 Å². The van der Waals surface area contributed by atoms with E-state index in [1.54, 1.807) is 0 Å². The van der Waals surface area contributed by atoms with E-state index in [9.17, 15) is 0 Å². The number of anilines is 2. The van der Waals surface area contributed by atoms with Crippen molar-refractivity contribution in [1.82, 2.24) is 0 Å². The van der Waals surface area contributed by atoms with Crippen LogP contribution in [-0.4, -0.2) is 6.61 Å². The number of nitrogen functional groups attached to an aromatic ring is 2. The highest BCUT2D eigenvalue weighted by atomic mass is 16.5. The Balaban J connectivity index is 2.08. The molecule has 1 aromatic rings. The Kier molecular flexibility index (Phi) is 4.00. The topological polar surface area (TPSA) is 61.3 Å². The van der Waals surface area contributed by atoms with Crippen molar-refractivity contribution in [1.29, 1.82) is 0 Å². The summed E-state index contributed by atoms with van der Waals surface area (Å²) in [4.78, 5) is 0. The van der Waals surface area contributed by atoms with E-state index >= 15 is 0 Å². The van der Waals surface area contributed by atoms with E-state index in [4.69, 9.17) is 16.2 Å². The molecule has 0 radical (unpaired) electrons. The van der Waals surface area contributed by atoms with E-state index in [1.807, 2.05) is 19.9 Å². The molecule has 1 aromatic carbocycles. The SMILES string of the molecule is Cc1cc(N)c(N)c(OCC2CCCCC2)c1C. The van der Waals surface area contributed by atoms with Crippen LogP contribution < -0.4 is 16.2 Å². The Bertz CT molecular complexity index is 397. The average Bonchev–Trinajstić information content (AvgIpc) is 2.38. The van der Waals surface area contributed by atoms with Gasteiger partial charge in [-0.2, -0.15) is 0 Å². The molecule has 1 aliphatic rings. The van der Waals surface area contributed by atoms with Crippen molar-refractivity contribution < 1.29 is 4.74 Å². The van der Waals surface area contributed by atoms with Crippen molar-refractivity contribution in [2.75, 3.05) is 18.1 Å². The Hall–Kier alpha value is -1.38. The van der Waals surface area contributed by atoms with E-state index in [1.165, 1.54) is 32.1 Å². The predicted molar refractivity (Wildman–Crippen MR) is 76.8 cm³/mol. The number of nitrogens with two attached hydrogens (primary N) is 2. The number of ether oxygens (including phenoxy) is 1. The second kappa shape index (κ2) is 5.51. The first-order chi connectivity index (χ1) is 8.59. The summed E-state index contributed by atoms with van der Waals surface area (Å²) in [6.45, 7) is 4.86. The zero-order chi connectivity index (χ0) is 13.1. The van der Waals surface area contributed by atoms with E-state index < -0.39 is 0 Å². The monoisotopic (exact) mass is 248 g/mol. The molecular weight excluding hydrogens is 224 g/mol. The summed E-state index contributed by atoms with van der Waals surface area (Å²) < 4.78 is 5.96. The second-order valence-electron chi connectivity index (χ2n) is 5.47. The van der Waals surface area contributed by atoms with Crippen LogP contribution in [0.5, 0.6) is 5.75 Å². The molecule has 0 heterocycles. The maximum absolute atomic E-state index is 6.02. The molecule has 0 amide bonds. The first-order valence-electron chi connectivity index (χ1n) is 6.87. The maximum Gasteiger partial charge on any atom is 0.147 e. The first kappa shape index (κ1) is 13.1. The fourth-order valence-electron chi connectivity index (χ4n) is 2.67. The molecule has 4 N–H and O–H groups in total. The van der Waals surface area contributed by atoms with Crippen molar-refractivity contribution in [3.05, 3.63) is 17.2 Å². The highest BCUT2D eigenvalue weighted by Gasteiger charge is 2.16. The third-order valence-corrected chi connectivity index (χ3v) is 4.05. The maximum atomic E-state index is 6.02. The Labute approximate surface area is 110 Å². The minimum absolute atomic E-state index is 0.592. The van der Waals surface area contributed by atoms with Gasteiger partial charge in [-0.05, 0) is 49.8 Å². The van der Waals surface area contributed by atoms with Crippen LogP contribution in [0, 0.1) is 19.8 Å². The molecule has 0 saturated heterocycles. The second-order valence-corrected chi connectivity index (χ2v) is 5.47. The standard InChI is InChI=1S/C15H24N2O/c1-10-8-13(16)14(17)15(11(10)2)18-9-12-6-4-3-5-7-12/h8,12H,3-7,9,16-17H2,1-2H3. The minimum Gasteiger partial charge on any atom is -0.491 e. The van der Waals surface area contributed by atoms with Crippen LogP contribution in [0.15, 0.2) is 6.07 Å². The fourth-order valence-corrected chi connectivity index (χ4v) is 2.67. The van der Waals surface area contributed by atoms with Gasteiger partial charge in [0.1, 0.15) is 5.75 Å². The lowest BCUT2D eigenvalue weighted by molar-refractivity contribution is 0.209. The Morgan fingerprint density at radius 3 is 2.50 bits per heavy atom. The van der Waals surface area contributed by atoms with Gasteiger partial charge in [0.05, 0.1) is 18.0 Å². The molecule has 2 rings (SSSR count). The number of hydrogen-bond acceptors (Lipinski definition) is 3. The molecule has 1 saturated carbocycles. The Morgan fingerprint density at radius 2 is 1.83 bits per heavy atom. The van der Waals surface area contributed by atoms with Crippen LogP contribution in [0.2, 0.25) is 0 Å². The van der Waals surface area contributed by atoms with Crippen molar-refractivity contribution in [3.63, 3.8) is 0 Å². The van der Waals surface area contributed by atoms with E-state index in [-0.39, 0.29) is 0 Å². The molecule has 0 spiro atoms. The van der Waals surface area contributed by atoms with E-state index in [0.29, 0.717) is 17.3 Å². The van der Waals surface area contributed by atoms with Gasteiger partial charge in [-0.25, -0.2) is 0 Å². The summed E-state index contributed by atoms with van der Waals surface area (Å²) in [5.74, 6) is 1.47. The zero-order valence-corrected chi connectivity index (χ0v) is 11.5. The zero-order valence-electron chi connectivity index (χ0n) is 11.5. The molecule has 0 aliphatic heterocycles. The van der Waals surface area contributed by atoms with Crippen molar-refractivity contribution in [3.8, 4) is 5.75 Å². The van der Waals surface area contributed by atoms with Gasteiger partial charge in [0, 0.05) is 0 Å². The van der Waals surface area contributed by atoms with Gasteiger partial charge < -0.3 is 16.2 Å². The molecular formula is C15H24N2O. The number of aryl methyl sites for hydroxylation is 1. The molecule has 3 heteroatoms. The third kappa shape index (κ3) is 2.71. The van der Waals surface area contributed by atoms with Crippen molar-refractivity contribution >= 4 is 11.4 Å². The minimum atomic E-state index is 0.592. The summed E-state index contributed by atoms with van der Waals surface area (Å²) in [6, 6.07) is 1.91. The number of benzene rings is 1. The van der Waals surface area contributed by atoms with Crippen LogP contribution in [0.3, 0.4) is 0 Å². The lowest BCUT2D eigenvalue weighted by atomic mass is 9.90. The first-order valence-corrected chi connectivity index (χ1v) is 6.87. The van der Waals surface area contributed by atoms with Crippen LogP contribution in [0.1, 0.15) is 43.2 Å². The molecule has 100 valence electrons. The van der Waals surface area contributed by atoms with Gasteiger partial charge in [-0.15, -0.1) is 0 Å². The van der Waals surface area contributed by atoms with Gasteiger partial charge in [0.2, 0.25) is 0 Å². The molecule has 1 fully saturated rings. The van der Waals surface area contributed by atoms with Gasteiger partial charge in [0.25, 0.3) is 0 Å². The highest BCUT2D eigenvalue weighted by molar-refractivity contribution is 5.74. The van der Waals surface area contributed by atoms with Crippen LogP contribution >= 0.6 is 0 Å². The van der Waals surface area contributed by atoms with Crippen molar-refractivity contribution in [2.24, 2.45) is 5.92 Å². The number of rotatable bonds is 3. The lowest BCUT2D eigenvalue weighted by Crippen LogP contribution is -2.16. The smallest absolute Gasteiger partial charge is 0.147 e. The van der Waals surface area contributed by atoms with Crippen molar-refractivity contribution in [2.45, 2.75) is 46.0 Å². The Morgan fingerprint density at radius 1 is 1.17 bits per heavy atom. The predicted octanol–water partition coefficient (Wildman–Crippen LogP) is 3.43. The van der Waals surface area contributed by atoms with Gasteiger partial charge in [0.15, 0.2) is 0 Å². The van der Waals surface area contributed by atoms with E-state index in [0.717, 1.165) is 23.5 Å². The third-order valence-electron chi connectivity index (χ3n) is 4.05. The summed E-state index contributed by atoms with van der Waals surface area (Å²) in [5.41, 5.74) is 15.4. The van der Waals surface area contributed by atoms with Gasteiger partial charge in [-0.1, -0.05) is 19.3 Å². The van der Waals surface area contributed by atoms with Crippen LogP contribution in [-0.2, 0) is 0 Å². The number of hydrogen-bond donors (Lipinski definition) is 2. The van der Waals surface area contributed by atoms with E-state index in [2.05, 4.69) is 0 Å². The largest absolute Gasteiger partial charge is 0.491 e. The summed E-state index contributed by atoms with van der Waals surface area (Å²) in [5, 5.41) is 0. The van der Waals surface area contributed by atoms with Crippen LogP contribution in [0.4, 0.5) is 11.4 Å². The normalized spacial score (nSPS) is 16.8. The molecule has 0 atom stereocenters. The molecule has 0 unspecified atom stereocenters.